The van der Waals surface area contributed by atoms with E-state index in [0.29, 0.717) is 11.4 Å². The average Bonchev–Trinajstić information content (AvgIpc) is 2.46. The molecule has 0 fully saturated rings. The first-order valence-electron chi connectivity index (χ1n) is 6.70. The second-order valence-electron chi connectivity index (χ2n) is 4.64. The number of hydrogen-bond donors (Lipinski definition) is 3. The van der Waals surface area contributed by atoms with Gasteiger partial charge in [0.1, 0.15) is 0 Å². The maximum atomic E-state index is 12.0. The summed E-state index contributed by atoms with van der Waals surface area (Å²) in [7, 11) is 0. The van der Waals surface area contributed by atoms with Gasteiger partial charge in [0, 0.05) is 17.1 Å². The van der Waals surface area contributed by atoms with Gasteiger partial charge in [-0.1, -0.05) is 34.1 Å². The Kier molecular flexibility index (Phi) is 5.55. The summed E-state index contributed by atoms with van der Waals surface area (Å²) in [6.45, 7) is 1.54. The van der Waals surface area contributed by atoms with Gasteiger partial charge in [-0.3, -0.25) is 9.59 Å². The predicted molar refractivity (Wildman–Crippen MR) is 92.0 cm³/mol. The Morgan fingerprint density at radius 3 is 2.41 bits per heavy atom. The van der Waals surface area contributed by atoms with Crippen LogP contribution in [-0.4, -0.2) is 18.4 Å². The summed E-state index contributed by atoms with van der Waals surface area (Å²) in [4.78, 5) is 23.1. The van der Waals surface area contributed by atoms with Crippen LogP contribution in [0.4, 0.5) is 17.1 Å². The minimum Gasteiger partial charge on any atom is -0.374 e. The SMILES string of the molecule is CC(=O)Nc1ccccc1NCC(=O)Nc1cccc(Br)c1. The Balaban J connectivity index is 1.95. The fourth-order valence-corrected chi connectivity index (χ4v) is 2.28. The molecule has 0 aliphatic carbocycles. The lowest BCUT2D eigenvalue weighted by Gasteiger charge is -2.12. The van der Waals surface area contributed by atoms with Gasteiger partial charge in [0.25, 0.3) is 0 Å². The smallest absolute Gasteiger partial charge is 0.243 e. The molecule has 0 aromatic heterocycles. The third-order valence-corrected chi connectivity index (χ3v) is 3.28. The summed E-state index contributed by atoms with van der Waals surface area (Å²) in [5, 5.41) is 8.52. The lowest BCUT2D eigenvalue weighted by molar-refractivity contribution is -0.115. The van der Waals surface area contributed by atoms with Gasteiger partial charge in [0.15, 0.2) is 0 Å². The van der Waals surface area contributed by atoms with E-state index in [1.54, 1.807) is 12.1 Å². The lowest BCUT2D eigenvalue weighted by Crippen LogP contribution is -2.22. The maximum absolute atomic E-state index is 12.0. The number of carbonyl (C=O) groups is 2. The van der Waals surface area contributed by atoms with Crippen LogP contribution in [0, 0.1) is 0 Å². The van der Waals surface area contributed by atoms with Crippen molar-refractivity contribution in [1.29, 1.82) is 0 Å². The van der Waals surface area contributed by atoms with Crippen LogP contribution in [0.5, 0.6) is 0 Å². The number of rotatable bonds is 5. The Morgan fingerprint density at radius 1 is 1.00 bits per heavy atom. The van der Waals surface area contributed by atoms with Crippen LogP contribution in [0.3, 0.4) is 0 Å². The molecule has 0 unspecified atom stereocenters. The molecule has 0 bridgehead atoms. The third-order valence-electron chi connectivity index (χ3n) is 2.79. The average molecular weight is 362 g/mol. The molecule has 6 heteroatoms. The lowest BCUT2D eigenvalue weighted by atomic mass is 10.2. The second-order valence-corrected chi connectivity index (χ2v) is 5.55. The Bertz CT molecular complexity index is 689. The first-order valence-corrected chi connectivity index (χ1v) is 7.50. The van der Waals surface area contributed by atoms with Crippen molar-refractivity contribution in [3.63, 3.8) is 0 Å². The van der Waals surface area contributed by atoms with Gasteiger partial charge < -0.3 is 16.0 Å². The largest absolute Gasteiger partial charge is 0.374 e. The Labute approximate surface area is 137 Å². The van der Waals surface area contributed by atoms with Crippen molar-refractivity contribution >= 4 is 44.8 Å². The van der Waals surface area contributed by atoms with Gasteiger partial charge in [0.2, 0.25) is 11.8 Å². The Hall–Kier alpha value is -2.34. The van der Waals surface area contributed by atoms with Crippen molar-refractivity contribution in [1.82, 2.24) is 0 Å². The van der Waals surface area contributed by atoms with Crippen molar-refractivity contribution in [2.75, 3.05) is 22.5 Å². The normalized spacial score (nSPS) is 9.91. The van der Waals surface area contributed by atoms with Gasteiger partial charge in [-0.25, -0.2) is 0 Å². The van der Waals surface area contributed by atoms with Crippen molar-refractivity contribution in [2.24, 2.45) is 0 Å². The molecule has 3 N–H and O–H groups in total. The molecule has 2 rings (SSSR count). The number of halogens is 1. The summed E-state index contributed by atoms with van der Waals surface area (Å²) < 4.78 is 0.897. The number of benzene rings is 2. The number of nitrogens with one attached hydrogen (secondary N) is 3. The second kappa shape index (κ2) is 7.61. The zero-order valence-corrected chi connectivity index (χ0v) is 13.6. The fourth-order valence-electron chi connectivity index (χ4n) is 1.88. The van der Waals surface area contributed by atoms with Crippen LogP contribution in [0.25, 0.3) is 0 Å². The van der Waals surface area contributed by atoms with E-state index in [1.165, 1.54) is 6.92 Å². The standard InChI is InChI=1S/C16H16BrN3O2/c1-11(21)19-15-8-3-2-7-14(15)18-10-16(22)20-13-6-4-5-12(17)9-13/h2-9,18H,10H2,1H3,(H,19,21)(H,20,22). The molecule has 2 aromatic carbocycles. The highest BCUT2D eigenvalue weighted by molar-refractivity contribution is 9.10. The van der Waals surface area contributed by atoms with Gasteiger partial charge in [-0.05, 0) is 30.3 Å². The van der Waals surface area contributed by atoms with Crippen LogP contribution in [-0.2, 0) is 9.59 Å². The Morgan fingerprint density at radius 2 is 1.73 bits per heavy atom. The highest BCUT2D eigenvalue weighted by Gasteiger charge is 2.06. The topological polar surface area (TPSA) is 70.2 Å². The van der Waals surface area contributed by atoms with E-state index < -0.39 is 0 Å². The van der Waals surface area contributed by atoms with E-state index in [2.05, 4.69) is 31.9 Å². The van der Waals surface area contributed by atoms with E-state index in [0.717, 1.165) is 10.2 Å². The van der Waals surface area contributed by atoms with Crippen LogP contribution in [0.1, 0.15) is 6.92 Å². The summed E-state index contributed by atoms with van der Waals surface area (Å²) in [6, 6.07) is 14.6. The van der Waals surface area contributed by atoms with E-state index in [1.807, 2.05) is 36.4 Å². The zero-order valence-electron chi connectivity index (χ0n) is 12.0. The van der Waals surface area contributed by atoms with Crippen molar-refractivity contribution < 1.29 is 9.59 Å². The predicted octanol–water partition coefficient (Wildman–Crippen LogP) is 3.46. The van der Waals surface area contributed by atoms with Crippen LogP contribution in [0.15, 0.2) is 53.0 Å². The molecule has 22 heavy (non-hydrogen) atoms. The number of amides is 2. The first kappa shape index (κ1) is 16.0. The highest BCUT2D eigenvalue weighted by atomic mass is 79.9. The van der Waals surface area contributed by atoms with E-state index in [4.69, 9.17) is 0 Å². The first-order chi connectivity index (χ1) is 10.5. The van der Waals surface area contributed by atoms with Gasteiger partial charge in [-0.2, -0.15) is 0 Å². The van der Waals surface area contributed by atoms with Crippen LogP contribution in [0.2, 0.25) is 0 Å². The van der Waals surface area contributed by atoms with Gasteiger partial charge in [0.05, 0.1) is 17.9 Å². The molecule has 2 aromatic rings. The molecular formula is C16H16BrN3O2. The molecule has 114 valence electrons. The molecule has 0 saturated heterocycles. The van der Waals surface area contributed by atoms with E-state index >= 15 is 0 Å². The van der Waals surface area contributed by atoms with Crippen molar-refractivity contribution in [3.8, 4) is 0 Å². The number of carbonyl (C=O) groups excluding carboxylic acids is 2. The molecule has 0 spiro atoms. The molecule has 2 amide bonds. The fraction of sp³-hybridized carbons (Fsp3) is 0.125. The van der Waals surface area contributed by atoms with Crippen LogP contribution < -0.4 is 16.0 Å². The van der Waals surface area contributed by atoms with Crippen molar-refractivity contribution in [2.45, 2.75) is 6.92 Å². The minimum atomic E-state index is -0.171. The minimum absolute atomic E-state index is 0.100. The number of hydrogen-bond acceptors (Lipinski definition) is 3. The molecule has 0 saturated carbocycles. The quantitative estimate of drug-likeness (QED) is 0.763. The van der Waals surface area contributed by atoms with Crippen molar-refractivity contribution in [3.05, 3.63) is 53.0 Å². The summed E-state index contributed by atoms with van der Waals surface area (Å²) in [5.74, 6) is -0.330. The highest BCUT2D eigenvalue weighted by Crippen LogP contribution is 2.20. The maximum Gasteiger partial charge on any atom is 0.243 e. The zero-order chi connectivity index (χ0) is 15.9. The van der Waals surface area contributed by atoms with Crippen LogP contribution >= 0.6 is 15.9 Å². The van der Waals surface area contributed by atoms with E-state index in [-0.39, 0.29) is 18.4 Å². The molecule has 0 aliphatic rings. The molecule has 0 radical (unpaired) electrons. The summed E-state index contributed by atoms with van der Waals surface area (Å²) >= 11 is 3.35. The molecule has 0 atom stereocenters. The monoisotopic (exact) mass is 361 g/mol. The number of anilines is 3. The molecule has 0 heterocycles. The molecule has 5 nitrogen and oxygen atoms in total. The summed E-state index contributed by atoms with van der Waals surface area (Å²) in [5.41, 5.74) is 2.06. The van der Waals surface area contributed by atoms with Gasteiger partial charge in [-0.15, -0.1) is 0 Å². The van der Waals surface area contributed by atoms with Gasteiger partial charge >= 0.3 is 0 Å². The summed E-state index contributed by atoms with van der Waals surface area (Å²) in [6.07, 6.45) is 0. The molecular weight excluding hydrogens is 346 g/mol. The van der Waals surface area contributed by atoms with E-state index in [9.17, 15) is 9.59 Å². The number of para-hydroxylation sites is 2. The third kappa shape index (κ3) is 4.89. The molecule has 0 aliphatic heterocycles.